The van der Waals surface area contributed by atoms with Gasteiger partial charge in [0.2, 0.25) is 0 Å². The first-order chi connectivity index (χ1) is 8.29. The molecule has 0 aliphatic carbocycles. The highest BCUT2D eigenvalue weighted by Crippen LogP contribution is 2.22. The monoisotopic (exact) mass is 241 g/mol. The number of piperidine rings is 1. The molecular weight excluding hydrogens is 214 g/mol. The standard InChI is InChI=1S/C14H27NO2/c1-3-5-6-9-13-10-7-8-11-15(13)14(16)17-12-4-2/h13H,3-12H2,1-2H3/t13-/m1/s1. The Kier molecular flexibility index (Phi) is 7.06. The van der Waals surface area contributed by atoms with Gasteiger partial charge in [-0.15, -0.1) is 0 Å². The molecule has 0 N–H and O–H groups in total. The van der Waals surface area contributed by atoms with Gasteiger partial charge in [-0.05, 0) is 32.1 Å². The normalized spacial score (nSPS) is 20.4. The summed E-state index contributed by atoms with van der Waals surface area (Å²) in [4.78, 5) is 13.9. The number of carbonyl (C=O) groups is 1. The molecule has 1 amide bonds. The fraction of sp³-hybridized carbons (Fsp3) is 0.929. The minimum atomic E-state index is -0.0898. The van der Waals surface area contributed by atoms with Crippen molar-refractivity contribution in [1.29, 1.82) is 0 Å². The van der Waals surface area contributed by atoms with Crippen LogP contribution in [-0.4, -0.2) is 30.2 Å². The van der Waals surface area contributed by atoms with Crippen LogP contribution in [0.1, 0.15) is 65.2 Å². The fourth-order valence-electron chi connectivity index (χ4n) is 2.44. The van der Waals surface area contributed by atoms with E-state index >= 15 is 0 Å². The van der Waals surface area contributed by atoms with Gasteiger partial charge >= 0.3 is 6.09 Å². The molecule has 3 nitrogen and oxygen atoms in total. The summed E-state index contributed by atoms with van der Waals surface area (Å²) in [6, 6.07) is 0.430. The third-order valence-electron chi connectivity index (χ3n) is 3.43. The van der Waals surface area contributed by atoms with Crippen molar-refractivity contribution in [2.75, 3.05) is 13.2 Å². The van der Waals surface area contributed by atoms with Crippen LogP contribution in [0.5, 0.6) is 0 Å². The highest BCUT2D eigenvalue weighted by Gasteiger charge is 2.26. The van der Waals surface area contributed by atoms with Crippen molar-refractivity contribution < 1.29 is 9.53 Å². The summed E-state index contributed by atoms with van der Waals surface area (Å²) >= 11 is 0. The molecule has 1 aliphatic rings. The van der Waals surface area contributed by atoms with Crippen LogP contribution >= 0.6 is 0 Å². The Balaban J connectivity index is 2.38. The Morgan fingerprint density at radius 2 is 2.06 bits per heavy atom. The summed E-state index contributed by atoms with van der Waals surface area (Å²) in [5, 5.41) is 0. The lowest BCUT2D eigenvalue weighted by molar-refractivity contribution is 0.0703. The first-order valence-corrected chi connectivity index (χ1v) is 7.23. The van der Waals surface area contributed by atoms with E-state index in [1.54, 1.807) is 0 Å². The van der Waals surface area contributed by atoms with E-state index in [2.05, 4.69) is 6.92 Å². The molecule has 0 unspecified atom stereocenters. The molecule has 3 heteroatoms. The summed E-state index contributed by atoms with van der Waals surface area (Å²) in [7, 11) is 0. The summed E-state index contributed by atoms with van der Waals surface area (Å²) in [6.07, 6.45) is 9.26. The van der Waals surface area contributed by atoms with Crippen LogP contribution < -0.4 is 0 Å². The highest BCUT2D eigenvalue weighted by molar-refractivity contribution is 5.68. The van der Waals surface area contributed by atoms with Crippen molar-refractivity contribution in [2.45, 2.75) is 71.3 Å². The van der Waals surface area contributed by atoms with Crippen molar-refractivity contribution in [3.05, 3.63) is 0 Å². The van der Waals surface area contributed by atoms with E-state index in [-0.39, 0.29) is 6.09 Å². The Hall–Kier alpha value is -0.730. The van der Waals surface area contributed by atoms with Crippen LogP contribution in [-0.2, 0) is 4.74 Å². The predicted molar refractivity (Wildman–Crippen MR) is 70.1 cm³/mol. The zero-order valence-corrected chi connectivity index (χ0v) is 11.4. The van der Waals surface area contributed by atoms with Crippen molar-refractivity contribution in [3.8, 4) is 0 Å². The maximum atomic E-state index is 11.9. The van der Waals surface area contributed by atoms with Gasteiger partial charge in [0.25, 0.3) is 0 Å². The molecule has 17 heavy (non-hydrogen) atoms. The van der Waals surface area contributed by atoms with Gasteiger partial charge in [-0.2, -0.15) is 0 Å². The quantitative estimate of drug-likeness (QED) is 0.659. The lowest BCUT2D eigenvalue weighted by Crippen LogP contribution is -2.44. The zero-order chi connectivity index (χ0) is 12.5. The second-order valence-electron chi connectivity index (χ2n) is 4.95. The smallest absolute Gasteiger partial charge is 0.410 e. The molecular formula is C14H27NO2. The average Bonchev–Trinajstić information content (AvgIpc) is 2.37. The van der Waals surface area contributed by atoms with Crippen LogP contribution in [0.15, 0.2) is 0 Å². The third-order valence-corrected chi connectivity index (χ3v) is 3.43. The maximum Gasteiger partial charge on any atom is 0.410 e. The topological polar surface area (TPSA) is 29.5 Å². The van der Waals surface area contributed by atoms with Gasteiger partial charge in [-0.3, -0.25) is 0 Å². The van der Waals surface area contributed by atoms with Gasteiger partial charge in [-0.1, -0.05) is 33.1 Å². The van der Waals surface area contributed by atoms with Crippen molar-refractivity contribution >= 4 is 6.09 Å². The molecule has 1 saturated heterocycles. The summed E-state index contributed by atoms with van der Waals surface area (Å²) < 4.78 is 5.25. The van der Waals surface area contributed by atoms with Crippen LogP contribution in [0.3, 0.4) is 0 Å². The lowest BCUT2D eigenvalue weighted by atomic mass is 9.97. The van der Waals surface area contributed by atoms with E-state index in [9.17, 15) is 4.79 Å². The van der Waals surface area contributed by atoms with Crippen LogP contribution in [0.25, 0.3) is 0 Å². The second-order valence-corrected chi connectivity index (χ2v) is 4.95. The zero-order valence-electron chi connectivity index (χ0n) is 11.4. The number of rotatable bonds is 6. The molecule has 1 aliphatic heterocycles. The van der Waals surface area contributed by atoms with Gasteiger partial charge in [0.1, 0.15) is 0 Å². The van der Waals surface area contributed by atoms with E-state index in [0.717, 1.165) is 32.2 Å². The minimum absolute atomic E-state index is 0.0898. The Labute approximate surface area is 106 Å². The Bertz CT molecular complexity index is 218. The number of hydrogen-bond donors (Lipinski definition) is 0. The molecule has 1 heterocycles. The van der Waals surface area contributed by atoms with Crippen molar-refractivity contribution in [1.82, 2.24) is 4.90 Å². The van der Waals surface area contributed by atoms with Crippen LogP contribution in [0.2, 0.25) is 0 Å². The number of hydrogen-bond acceptors (Lipinski definition) is 2. The lowest BCUT2D eigenvalue weighted by Gasteiger charge is -2.35. The molecule has 0 aromatic heterocycles. The number of likely N-dealkylation sites (tertiary alicyclic amines) is 1. The minimum Gasteiger partial charge on any atom is -0.449 e. The van der Waals surface area contributed by atoms with E-state index in [1.807, 2.05) is 11.8 Å². The predicted octanol–water partition coefficient (Wildman–Crippen LogP) is 3.97. The second kappa shape index (κ2) is 8.37. The van der Waals surface area contributed by atoms with E-state index in [4.69, 9.17) is 4.74 Å². The van der Waals surface area contributed by atoms with E-state index in [0.29, 0.717) is 12.6 Å². The molecule has 100 valence electrons. The van der Waals surface area contributed by atoms with Crippen LogP contribution in [0, 0.1) is 0 Å². The molecule has 0 radical (unpaired) electrons. The average molecular weight is 241 g/mol. The van der Waals surface area contributed by atoms with Crippen molar-refractivity contribution in [3.63, 3.8) is 0 Å². The Morgan fingerprint density at radius 3 is 2.76 bits per heavy atom. The number of nitrogens with zero attached hydrogens (tertiary/aromatic N) is 1. The number of carbonyl (C=O) groups excluding carboxylic acids is 1. The number of amides is 1. The molecule has 0 saturated carbocycles. The maximum absolute atomic E-state index is 11.9. The molecule has 1 atom stereocenters. The molecule has 0 aromatic rings. The molecule has 0 spiro atoms. The molecule has 1 rings (SSSR count). The first kappa shape index (κ1) is 14.3. The summed E-state index contributed by atoms with van der Waals surface area (Å²) in [6.45, 7) is 5.69. The van der Waals surface area contributed by atoms with Gasteiger partial charge in [0.15, 0.2) is 0 Å². The van der Waals surface area contributed by atoms with Gasteiger partial charge < -0.3 is 9.64 Å². The highest BCUT2D eigenvalue weighted by atomic mass is 16.6. The fourth-order valence-corrected chi connectivity index (χ4v) is 2.44. The first-order valence-electron chi connectivity index (χ1n) is 7.23. The van der Waals surface area contributed by atoms with E-state index < -0.39 is 0 Å². The van der Waals surface area contributed by atoms with Crippen LogP contribution in [0.4, 0.5) is 4.79 Å². The Morgan fingerprint density at radius 1 is 1.24 bits per heavy atom. The summed E-state index contributed by atoms with van der Waals surface area (Å²) in [5.74, 6) is 0. The number of unbranched alkanes of at least 4 members (excludes halogenated alkanes) is 2. The third kappa shape index (κ3) is 4.97. The van der Waals surface area contributed by atoms with E-state index in [1.165, 1.54) is 25.7 Å². The SMILES string of the molecule is CCCCC[C@@H]1CCCCN1C(=O)OCCC. The van der Waals surface area contributed by atoms with Gasteiger partial charge in [0, 0.05) is 12.6 Å². The van der Waals surface area contributed by atoms with Gasteiger partial charge in [-0.25, -0.2) is 4.79 Å². The molecule has 0 bridgehead atoms. The van der Waals surface area contributed by atoms with Crippen molar-refractivity contribution in [2.24, 2.45) is 0 Å². The molecule has 0 aromatic carbocycles. The molecule has 1 fully saturated rings. The number of ether oxygens (including phenoxy) is 1. The van der Waals surface area contributed by atoms with Gasteiger partial charge in [0.05, 0.1) is 6.61 Å². The largest absolute Gasteiger partial charge is 0.449 e. The summed E-state index contributed by atoms with van der Waals surface area (Å²) in [5.41, 5.74) is 0.